The molecular formula is C25H24N4O2S. The van der Waals surface area contributed by atoms with Crippen molar-refractivity contribution in [1.82, 2.24) is 14.9 Å². The molecule has 0 radical (unpaired) electrons. The first kappa shape index (κ1) is 20.6. The molecule has 0 saturated heterocycles. The summed E-state index contributed by atoms with van der Waals surface area (Å²) in [4.78, 5) is 36.8. The Kier molecular flexibility index (Phi) is 5.15. The summed E-state index contributed by atoms with van der Waals surface area (Å²) >= 11 is 1.52. The molecule has 6 nitrogen and oxygen atoms in total. The Hall–Kier alpha value is -3.29. The van der Waals surface area contributed by atoms with E-state index in [1.165, 1.54) is 22.5 Å². The summed E-state index contributed by atoms with van der Waals surface area (Å²) in [6.45, 7) is 5.00. The van der Waals surface area contributed by atoms with Crippen molar-refractivity contribution >= 4 is 27.5 Å². The minimum Gasteiger partial charge on any atom is -0.368 e. The lowest BCUT2D eigenvalue weighted by atomic mass is 9.93. The number of hydrogen-bond donors (Lipinski definition) is 2. The summed E-state index contributed by atoms with van der Waals surface area (Å²) in [5.41, 5.74) is 11.0. The lowest BCUT2D eigenvalue weighted by Gasteiger charge is -2.34. The number of thiophene rings is 1. The van der Waals surface area contributed by atoms with Crippen LogP contribution in [0.5, 0.6) is 0 Å². The van der Waals surface area contributed by atoms with Crippen LogP contribution in [0.25, 0.3) is 21.3 Å². The van der Waals surface area contributed by atoms with Crippen LogP contribution in [0.2, 0.25) is 0 Å². The lowest BCUT2D eigenvalue weighted by molar-refractivity contribution is -0.124. The van der Waals surface area contributed by atoms with Crippen molar-refractivity contribution < 1.29 is 4.79 Å². The van der Waals surface area contributed by atoms with Gasteiger partial charge in [0.2, 0.25) is 5.91 Å². The first-order chi connectivity index (χ1) is 15.4. The molecule has 0 fully saturated rings. The molecule has 32 heavy (non-hydrogen) atoms. The first-order valence-corrected chi connectivity index (χ1v) is 11.4. The molecule has 1 aliphatic rings. The zero-order valence-electron chi connectivity index (χ0n) is 18.0. The molecule has 2 aromatic heterocycles. The van der Waals surface area contributed by atoms with Gasteiger partial charge in [-0.05, 0) is 37.0 Å². The molecule has 0 unspecified atom stereocenters. The molecule has 0 bridgehead atoms. The van der Waals surface area contributed by atoms with Crippen LogP contribution in [-0.4, -0.2) is 26.8 Å². The third kappa shape index (κ3) is 3.63. The molecule has 1 amide bonds. The molecule has 0 saturated carbocycles. The second kappa shape index (κ2) is 8.00. The number of nitrogens with two attached hydrogens (primary N) is 1. The van der Waals surface area contributed by atoms with Crippen molar-refractivity contribution in [1.29, 1.82) is 0 Å². The molecule has 1 atom stereocenters. The third-order valence-corrected chi connectivity index (χ3v) is 7.15. The number of carbonyl (C=O) groups is 1. The van der Waals surface area contributed by atoms with Gasteiger partial charge in [0.1, 0.15) is 10.7 Å². The molecule has 0 spiro atoms. The predicted octanol–water partition coefficient (Wildman–Crippen LogP) is 3.68. The molecule has 0 aliphatic carbocycles. The van der Waals surface area contributed by atoms with E-state index in [0.717, 1.165) is 21.6 Å². The number of benzene rings is 2. The molecular weight excluding hydrogens is 420 g/mol. The van der Waals surface area contributed by atoms with Crippen molar-refractivity contribution in [2.75, 3.05) is 0 Å². The van der Waals surface area contributed by atoms with Gasteiger partial charge in [0.15, 0.2) is 0 Å². The topological polar surface area (TPSA) is 92.1 Å². The number of fused-ring (bicyclic) bond motifs is 2. The fourth-order valence-electron chi connectivity index (χ4n) is 4.52. The number of aryl methyl sites for hydroxylation is 2. The molecule has 4 aromatic rings. The highest BCUT2D eigenvalue weighted by atomic mass is 32.1. The number of nitrogens with zero attached hydrogens (tertiary/aromatic N) is 2. The second-order valence-corrected chi connectivity index (χ2v) is 9.59. The largest absolute Gasteiger partial charge is 0.368 e. The molecule has 162 valence electrons. The third-order valence-electron chi connectivity index (χ3n) is 6.15. The second-order valence-electron chi connectivity index (χ2n) is 8.39. The monoisotopic (exact) mass is 444 g/mol. The average molecular weight is 445 g/mol. The summed E-state index contributed by atoms with van der Waals surface area (Å²) < 4.78 is 0. The summed E-state index contributed by atoms with van der Waals surface area (Å²) in [5.74, 6) is 0.182. The molecule has 1 aliphatic heterocycles. The smallest absolute Gasteiger partial charge is 0.260 e. The standard InChI is InChI=1S/C25H24N4O2S/c1-14-7-9-16(10-8-14)21-15(2)32-25-22(21)24(31)27-20(28-25)13-29-12-18-6-4-3-5-17(18)11-19(29)23(26)30/h3-10,19H,11-13H2,1-2H3,(H2,26,30)(H,27,28,31)/t19-/m0/s1. The Labute approximate surface area is 189 Å². The summed E-state index contributed by atoms with van der Waals surface area (Å²) in [6, 6.07) is 15.8. The Morgan fingerprint density at radius 1 is 1.16 bits per heavy atom. The molecule has 3 N–H and O–H groups in total. The number of amides is 1. The SMILES string of the molecule is Cc1ccc(-c2c(C)sc3nc(CN4Cc5ccccc5C[C@H]4C(N)=O)[nH]c(=O)c23)cc1. The number of H-pyrrole nitrogens is 1. The van der Waals surface area contributed by atoms with E-state index in [1.54, 1.807) is 0 Å². The van der Waals surface area contributed by atoms with Gasteiger partial charge in [0.25, 0.3) is 5.56 Å². The van der Waals surface area contributed by atoms with Crippen molar-refractivity contribution in [2.24, 2.45) is 5.73 Å². The molecule has 5 rings (SSSR count). The maximum Gasteiger partial charge on any atom is 0.260 e. The van der Waals surface area contributed by atoms with Crippen LogP contribution in [0.15, 0.2) is 53.3 Å². The van der Waals surface area contributed by atoms with Gasteiger partial charge in [-0.15, -0.1) is 11.3 Å². The highest BCUT2D eigenvalue weighted by Gasteiger charge is 2.30. The van der Waals surface area contributed by atoms with Crippen LogP contribution in [-0.2, 0) is 24.3 Å². The number of rotatable bonds is 4. The molecule has 7 heteroatoms. The number of carbonyl (C=O) groups excluding carboxylic acids is 1. The zero-order valence-corrected chi connectivity index (χ0v) is 18.8. The molecule has 2 aromatic carbocycles. The first-order valence-electron chi connectivity index (χ1n) is 10.6. The highest BCUT2D eigenvalue weighted by molar-refractivity contribution is 7.19. The van der Waals surface area contributed by atoms with Crippen LogP contribution in [0, 0.1) is 13.8 Å². The number of aromatic amines is 1. The number of hydrogen-bond acceptors (Lipinski definition) is 5. The van der Waals surface area contributed by atoms with Gasteiger partial charge in [-0.3, -0.25) is 14.5 Å². The maximum absolute atomic E-state index is 13.1. The van der Waals surface area contributed by atoms with Crippen molar-refractivity contribution in [3.8, 4) is 11.1 Å². The van der Waals surface area contributed by atoms with Crippen LogP contribution in [0.3, 0.4) is 0 Å². The fraction of sp³-hybridized carbons (Fsp3) is 0.240. The minimum atomic E-state index is -0.431. The van der Waals surface area contributed by atoms with E-state index >= 15 is 0 Å². The van der Waals surface area contributed by atoms with E-state index in [9.17, 15) is 9.59 Å². The fourth-order valence-corrected chi connectivity index (χ4v) is 5.59. The van der Waals surface area contributed by atoms with Gasteiger partial charge < -0.3 is 10.7 Å². The van der Waals surface area contributed by atoms with Gasteiger partial charge in [-0.1, -0.05) is 54.1 Å². The van der Waals surface area contributed by atoms with Gasteiger partial charge in [-0.2, -0.15) is 0 Å². The van der Waals surface area contributed by atoms with Crippen LogP contribution < -0.4 is 11.3 Å². The van der Waals surface area contributed by atoms with Crippen molar-refractivity contribution in [3.05, 3.63) is 86.3 Å². The van der Waals surface area contributed by atoms with Crippen molar-refractivity contribution in [3.63, 3.8) is 0 Å². The van der Waals surface area contributed by atoms with E-state index in [0.29, 0.717) is 35.6 Å². The Morgan fingerprint density at radius 3 is 2.59 bits per heavy atom. The van der Waals surface area contributed by atoms with Crippen LogP contribution >= 0.6 is 11.3 Å². The van der Waals surface area contributed by atoms with E-state index in [4.69, 9.17) is 10.7 Å². The van der Waals surface area contributed by atoms with Gasteiger partial charge in [-0.25, -0.2) is 4.98 Å². The minimum absolute atomic E-state index is 0.155. The quantitative estimate of drug-likeness (QED) is 0.502. The van der Waals surface area contributed by atoms with Crippen LogP contribution in [0.1, 0.15) is 27.4 Å². The van der Waals surface area contributed by atoms with Gasteiger partial charge in [0.05, 0.1) is 18.0 Å². The zero-order chi connectivity index (χ0) is 22.4. The Morgan fingerprint density at radius 2 is 1.88 bits per heavy atom. The Bertz CT molecular complexity index is 1390. The normalized spacial score (nSPS) is 16.2. The number of aromatic nitrogens is 2. The van der Waals surface area contributed by atoms with Gasteiger partial charge >= 0.3 is 0 Å². The van der Waals surface area contributed by atoms with E-state index in [2.05, 4.69) is 11.1 Å². The Balaban J connectivity index is 1.52. The summed E-state index contributed by atoms with van der Waals surface area (Å²) in [7, 11) is 0. The number of nitrogens with one attached hydrogen (secondary N) is 1. The van der Waals surface area contributed by atoms with Crippen LogP contribution in [0.4, 0.5) is 0 Å². The number of primary amides is 1. The lowest BCUT2D eigenvalue weighted by Crippen LogP contribution is -2.48. The molecule has 3 heterocycles. The average Bonchev–Trinajstić information content (AvgIpc) is 3.10. The summed E-state index contributed by atoms with van der Waals surface area (Å²) in [5, 5.41) is 0.621. The predicted molar refractivity (Wildman–Crippen MR) is 128 cm³/mol. The van der Waals surface area contributed by atoms with E-state index in [-0.39, 0.29) is 11.5 Å². The van der Waals surface area contributed by atoms with E-state index < -0.39 is 6.04 Å². The van der Waals surface area contributed by atoms with E-state index in [1.807, 2.05) is 61.2 Å². The van der Waals surface area contributed by atoms with Crippen molar-refractivity contribution in [2.45, 2.75) is 39.4 Å². The maximum atomic E-state index is 13.1. The van der Waals surface area contributed by atoms with Gasteiger partial charge in [0, 0.05) is 17.0 Å². The summed E-state index contributed by atoms with van der Waals surface area (Å²) in [6.07, 6.45) is 0.563. The highest BCUT2D eigenvalue weighted by Crippen LogP contribution is 2.35.